The van der Waals surface area contributed by atoms with Crippen molar-refractivity contribution in [2.45, 2.75) is 45.0 Å². The summed E-state index contributed by atoms with van der Waals surface area (Å²) in [5.41, 5.74) is -0.279. The number of alkyl halides is 3. The van der Waals surface area contributed by atoms with Gasteiger partial charge in [0.1, 0.15) is 0 Å². The number of ether oxygens (including phenoxy) is 1. The van der Waals surface area contributed by atoms with E-state index in [0.717, 1.165) is 18.9 Å². The molecular weight excluding hydrogens is 279 g/mol. The summed E-state index contributed by atoms with van der Waals surface area (Å²) in [5.74, 6) is 0.251. The van der Waals surface area contributed by atoms with Gasteiger partial charge in [0.15, 0.2) is 0 Å². The van der Waals surface area contributed by atoms with Gasteiger partial charge in [0, 0.05) is 6.61 Å². The molecule has 0 aliphatic carbocycles. The Morgan fingerprint density at radius 3 is 2.62 bits per heavy atom. The van der Waals surface area contributed by atoms with Crippen molar-refractivity contribution in [1.29, 1.82) is 0 Å². The van der Waals surface area contributed by atoms with E-state index in [4.69, 9.17) is 4.74 Å². The highest BCUT2D eigenvalue weighted by Gasteiger charge is 2.39. The molecule has 0 spiro atoms. The van der Waals surface area contributed by atoms with Crippen LogP contribution in [0.1, 0.15) is 43.9 Å². The third kappa shape index (κ3) is 3.77. The monoisotopic (exact) mass is 301 g/mol. The van der Waals surface area contributed by atoms with E-state index < -0.39 is 17.8 Å². The molecule has 1 N–H and O–H groups in total. The van der Waals surface area contributed by atoms with Crippen LogP contribution >= 0.6 is 0 Å². The van der Waals surface area contributed by atoms with Gasteiger partial charge in [-0.3, -0.25) is 0 Å². The van der Waals surface area contributed by atoms with Gasteiger partial charge in [-0.05, 0) is 36.9 Å². The molecule has 0 saturated carbocycles. The lowest BCUT2D eigenvalue weighted by atomic mass is 9.89. The molecule has 1 saturated heterocycles. The lowest BCUT2D eigenvalue weighted by Crippen LogP contribution is -2.36. The molecule has 0 aromatic heterocycles. The molecule has 5 heteroatoms. The maximum atomic E-state index is 13.2. The van der Waals surface area contributed by atoms with Gasteiger partial charge in [-0.1, -0.05) is 32.0 Å². The molecule has 21 heavy (non-hydrogen) atoms. The predicted molar refractivity (Wildman–Crippen MR) is 76.0 cm³/mol. The van der Waals surface area contributed by atoms with Crippen molar-refractivity contribution in [1.82, 2.24) is 5.32 Å². The Bertz CT molecular complexity index is 461. The molecule has 1 aliphatic rings. The first-order valence-corrected chi connectivity index (χ1v) is 7.46. The molecular formula is C16H22F3NO. The Hall–Kier alpha value is -1.07. The normalized spacial score (nSPS) is 24.2. The quantitative estimate of drug-likeness (QED) is 0.881. The maximum Gasteiger partial charge on any atom is 0.416 e. The van der Waals surface area contributed by atoms with E-state index in [1.807, 2.05) is 13.8 Å². The van der Waals surface area contributed by atoms with Crippen LogP contribution in [0.5, 0.6) is 0 Å². The summed E-state index contributed by atoms with van der Waals surface area (Å²) in [6, 6.07) is 5.38. The third-order valence-corrected chi connectivity index (χ3v) is 3.99. The largest absolute Gasteiger partial charge is 0.416 e. The van der Waals surface area contributed by atoms with E-state index in [1.165, 1.54) is 6.07 Å². The summed E-state index contributed by atoms with van der Waals surface area (Å²) in [6.45, 7) is 5.32. The first kappa shape index (κ1) is 16.3. The number of benzene rings is 1. The van der Waals surface area contributed by atoms with Gasteiger partial charge in [0.25, 0.3) is 0 Å². The van der Waals surface area contributed by atoms with E-state index >= 15 is 0 Å². The second-order valence-electron chi connectivity index (χ2n) is 5.62. The molecule has 1 aromatic carbocycles. The summed E-state index contributed by atoms with van der Waals surface area (Å²) < 4.78 is 45.5. The van der Waals surface area contributed by atoms with Crippen molar-refractivity contribution in [2.75, 3.05) is 13.2 Å². The SMILES string of the molecule is CCCNC(c1ccccc1C(F)(F)F)C1OCCC1C. The molecule has 3 unspecified atom stereocenters. The topological polar surface area (TPSA) is 21.3 Å². The molecule has 0 amide bonds. The highest BCUT2D eigenvalue weighted by molar-refractivity contribution is 5.33. The van der Waals surface area contributed by atoms with Crippen molar-refractivity contribution in [3.8, 4) is 0 Å². The molecule has 0 radical (unpaired) electrons. The molecule has 0 bridgehead atoms. The minimum absolute atomic E-state index is 0.208. The Morgan fingerprint density at radius 2 is 2.05 bits per heavy atom. The van der Waals surface area contributed by atoms with Gasteiger partial charge in [0.2, 0.25) is 0 Å². The van der Waals surface area contributed by atoms with Crippen molar-refractivity contribution >= 4 is 0 Å². The van der Waals surface area contributed by atoms with E-state index in [2.05, 4.69) is 5.32 Å². The van der Waals surface area contributed by atoms with E-state index in [0.29, 0.717) is 13.2 Å². The molecule has 118 valence electrons. The van der Waals surface area contributed by atoms with E-state index in [1.54, 1.807) is 12.1 Å². The molecule has 1 fully saturated rings. The van der Waals surface area contributed by atoms with Crippen LogP contribution in [0.4, 0.5) is 13.2 Å². The van der Waals surface area contributed by atoms with Crippen LogP contribution in [-0.4, -0.2) is 19.3 Å². The highest BCUT2D eigenvalue weighted by Crippen LogP contribution is 2.38. The average molecular weight is 301 g/mol. The standard InChI is InChI=1S/C16H22F3NO/c1-3-9-20-14(15-11(2)8-10-21-15)12-6-4-5-7-13(12)16(17,18)19/h4-7,11,14-15,20H,3,8-10H2,1-2H3. The van der Waals surface area contributed by atoms with Crippen LogP contribution in [0.2, 0.25) is 0 Å². The zero-order valence-corrected chi connectivity index (χ0v) is 12.4. The predicted octanol–water partition coefficient (Wildman–Crippen LogP) is 4.17. The summed E-state index contributed by atoms with van der Waals surface area (Å²) >= 11 is 0. The zero-order valence-electron chi connectivity index (χ0n) is 12.4. The summed E-state index contributed by atoms with van der Waals surface area (Å²) in [6.07, 6.45) is -2.79. The number of rotatable bonds is 5. The fourth-order valence-corrected chi connectivity index (χ4v) is 2.87. The van der Waals surface area contributed by atoms with E-state index in [9.17, 15) is 13.2 Å². The molecule has 1 aromatic rings. The zero-order chi connectivity index (χ0) is 15.5. The van der Waals surface area contributed by atoms with Gasteiger partial charge in [-0.2, -0.15) is 13.2 Å². The first-order valence-electron chi connectivity index (χ1n) is 7.46. The number of hydrogen-bond donors (Lipinski definition) is 1. The molecule has 1 heterocycles. The smallest absolute Gasteiger partial charge is 0.376 e. The van der Waals surface area contributed by atoms with Gasteiger partial charge >= 0.3 is 6.18 Å². The summed E-state index contributed by atoms with van der Waals surface area (Å²) in [7, 11) is 0. The van der Waals surface area contributed by atoms with Crippen LogP contribution < -0.4 is 5.32 Å². The van der Waals surface area contributed by atoms with Crippen molar-refractivity contribution in [2.24, 2.45) is 5.92 Å². The average Bonchev–Trinajstić information content (AvgIpc) is 2.85. The maximum absolute atomic E-state index is 13.2. The Kier molecular flexibility index (Phi) is 5.27. The third-order valence-electron chi connectivity index (χ3n) is 3.99. The second-order valence-corrected chi connectivity index (χ2v) is 5.62. The van der Waals surface area contributed by atoms with Gasteiger partial charge in [-0.15, -0.1) is 0 Å². The minimum Gasteiger partial charge on any atom is -0.376 e. The molecule has 2 nitrogen and oxygen atoms in total. The Labute approximate surface area is 123 Å². The number of halogens is 3. The van der Waals surface area contributed by atoms with Crippen LogP contribution in [-0.2, 0) is 10.9 Å². The lowest BCUT2D eigenvalue weighted by molar-refractivity contribution is -0.138. The van der Waals surface area contributed by atoms with Gasteiger partial charge < -0.3 is 10.1 Å². The Balaban J connectivity index is 2.36. The van der Waals surface area contributed by atoms with Crippen LogP contribution in [0.15, 0.2) is 24.3 Å². The van der Waals surface area contributed by atoms with Crippen LogP contribution in [0, 0.1) is 5.92 Å². The van der Waals surface area contributed by atoms with Crippen LogP contribution in [0.25, 0.3) is 0 Å². The van der Waals surface area contributed by atoms with Crippen molar-refractivity contribution in [3.05, 3.63) is 35.4 Å². The lowest BCUT2D eigenvalue weighted by Gasteiger charge is -2.29. The fourth-order valence-electron chi connectivity index (χ4n) is 2.87. The summed E-state index contributed by atoms with van der Waals surface area (Å²) in [5, 5.41) is 3.25. The molecule has 3 atom stereocenters. The molecule has 2 rings (SSSR count). The second kappa shape index (κ2) is 6.79. The minimum atomic E-state index is -4.34. The molecule has 1 aliphatic heterocycles. The van der Waals surface area contributed by atoms with Gasteiger partial charge in [-0.25, -0.2) is 0 Å². The highest BCUT2D eigenvalue weighted by atomic mass is 19.4. The number of hydrogen-bond acceptors (Lipinski definition) is 2. The van der Waals surface area contributed by atoms with Crippen molar-refractivity contribution in [3.63, 3.8) is 0 Å². The fraction of sp³-hybridized carbons (Fsp3) is 0.625. The van der Waals surface area contributed by atoms with Gasteiger partial charge in [0.05, 0.1) is 17.7 Å². The van der Waals surface area contributed by atoms with Crippen molar-refractivity contribution < 1.29 is 17.9 Å². The summed E-state index contributed by atoms with van der Waals surface area (Å²) in [4.78, 5) is 0. The van der Waals surface area contributed by atoms with Crippen LogP contribution in [0.3, 0.4) is 0 Å². The van der Waals surface area contributed by atoms with E-state index in [-0.39, 0.29) is 17.6 Å². The first-order chi connectivity index (χ1) is 9.95. The number of nitrogens with one attached hydrogen (secondary N) is 1. The Morgan fingerprint density at radius 1 is 1.33 bits per heavy atom.